The minimum absolute atomic E-state index is 0.115. The van der Waals surface area contributed by atoms with Crippen molar-refractivity contribution in [3.8, 4) is 0 Å². The summed E-state index contributed by atoms with van der Waals surface area (Å²) < 4.78 is 0. The van der Waals surface area contributed by atoms with Crippen LogP contribution in [0.3, 0.4) is 0 Å². The lowest BCUT2D eigenvalue weighted by molar-refractivity contribution is -0.119. The third-order valence-corrected chi connectivity index (χ3v) is 5.64. The van der Waals surface area contributed by atoms with E-state index in [0.717, 1.165) is 5.56 Å². The first-order valence-corrected chi connectivity index (χ1v) is 10.3. The fourth-order valence-corrected chi connectivity index (χ4v) is 4.35. The van der Waals surface area contributed by atoms with Crippen molar-refractivity contribution < 1.29 is 9.59 Å². The molecule has 0 aliphatic carbocycles. The summed E-state index contributed by atoms with van der Waals surface area (Å²) in [7, 11) is 0. The van der Waals surface area contributed by atoms with Crippen molar-refractivity contribution in [1.82, 2.24) is 10.6 Å². The minimum Gasteiger partial charge on any atom is -0.383 e. The number of hydrogen-bond acceptors (Lipinski definition) is 4. The summed E-state index contributed by atoms with van der Waals surface area (Å²) in [5.74, 6) is -0.776. The lowest BCUT2D eigenvalue weighted by atomic mass is 9.92. The fraction of sp³-hybridized carbons (Fsp3) is 0.120. The summed E-state index contributed by atoms with van der Waals surface area (Å²) in [4.78, 5) is 28.8. The van der Waals surface area contributed by atoms with Crippen LogP contribution in [0.4, 0.5) is 11.4 Å². The Labute approximate surface area is 180 Å². The predicted octanol–water partition coefficient (Wildman–Crippen LogP) is 2.97. The molecule has 154 valence electrons. The molecule has 3 aromatic rings. The van der Waals surface area contributed by atoms with Crippen molar-refractivity contribution >= 4 is 23.2 Å². The van der Waals surface area contributed by atoms with Gasteiger partial charge in [-0.3, -0.25) is 19.8 Å². The molecular formula is C25H22N4O2. The van der Waals surface area contributed by atoms with Crippen LogP contribution in [-0.2, 0) is 15.3 Å². The van der Waals surface area contributed by atoms with Crippen LogP contribution in [0.5, 0.6) is 0 Å². The van der Waals surface area contributed by atoms with Crippen molar-refractivity contribution in [2.45, 2.75) is 5.66 Å². The summed E-state index contributed by atoms with van der Waals surface area (Å²) in [6.45, 7) is 1.25. The fourth-order valence-electron chi connectivity index (χ4n) is 4.35. The topological polar surface area (TPSA) is 73.5 Å². The van der Waals surface area contributed by atoms with Crippen molar-refractivity contribution in [3.05, 3.63) is 108 Å². The monoisotopic (exact) mass is 410 g/mol. The molecule has 3 aromatic carbocycles. The highest BCUT2D eigenvalue weighted by Gasteiger charge is 2.56. The van der Waals surface area contributed by atoms with Gasteiger partial charge >= 0.3 is 0 Å². The van der Waals surface area contributed by atoms with Gasteiger partial charge in [-0.15, -0.1) is 0 Å². The van der Waals surface area contributed by atoms with Crippen LogP contribution in [-0.4, -0.2) is 24.9 Å². The number of fused-ring (bicyclic) bond motifs is 1. The molecule has 5 rings (SSSR count). The van der Waals surface area contributed by atoms with Gasteiger partial charge in [-0.1, -0.05) is 66.7 Å². The van der Waals surface area contributed by atoms with E-state index in [1.165, 1.54) is 0 Å². The number of anilines is 2. The van der Waals surface area contributed by atoms with E-state index in [4.69, 9.17) is 0 Å². The summed E-state index contributed by atoms with van der Waals surface area (Å²) in [5.41, 5.74) is 1.95. The number of para-hydroxylation sites is 2. The van der Waals surface area contributed by atoms with Crippen molar-refractivity contribution in [3.63, 3.8) is 0 Å². The van der Waals surface area contributed by atoms with Gasteiger partial charge in [-0.2, -0.15) is 0 Å². The SMILES string of the molecule is O=C(Nc1ccccc1)C1=C2NCCNC2(c2ccccc2)N(c2ccccc2)C1=O. The van der Waals surface area contributed by atoms with Gasteiger partial charge in [0.25, 0.3) is 11.8 Å². The second-order valence-electron chi connectivity index (χ2n) is 7.48. The van der Waals surface area contributed by atoms with Gasteiger partial charge in [0.1, 0.15) is 5.57 Å². The molecule has 2 aliphatic heterocycles. The molecule has 2 heterocycles. The highest BCUT2D eigenvalue weighted by Crippen LogP contribution is 2.44. The molecule has 0 radical (unpaired) electrons. The van der Waals surface area contributed by atoms with Gasteiger partial charge in [0.15, 0.2) is 5.66 Å². The Morgan fingerprint density at radius 2 is 1.45 bits per heavy atom. The lowest BCUT2D eigenvalue weighted by Gasteiger charge is -2.44. The largest absolute Gasteiger partial charge is 0.383 e. The molecule has 0 saturated carbocycles. The van der Waals surface area contributed by atoms with E-state index in [1.807, 2.05) is 78.9 Å². The Morgan fingerprint density at radius 1 is 0.839 bits per heavy atom. The average Bonchev–Trinajstić information content (AvgIpc) is 3.10. The standard InChI is InChI=1S/C25H22N4O2/c30-23(28-19-12-6-2-7-13-19)21-22-25(27-17-16-26-22,18-10-4-1-5-11-18)29(24(21)31)20-14-8-3-9-15-20/h1-15,26-27H,16-17H2,(H,28,30). The number of carbonyl (C=O) groups excluding carboxylic acids is 2. The molecule has 6 nitrogen and oxygen atoms in total. The van der Waals surface area contributed by atoms with Crippen LogP contribution in [0, 0.1) is 0 Å². The number of nitrogens with one attached hydrogen (secondary N) is 3. The van der Waals surface area contributed by atoms with E-state index in [2.05, 4.69) is 16.0 Å². The first-order valence-electron chi connectivity index (χ1n) is 10.3. The van der Waals surface area contributed by atoms with Crippen LogP contribution in [0.15, 0.2) is 102 Å². The van der Waals surface area contributed by atoms with E-state index < -0.39 is 11.6 Å². The zero-order valence-corrected chi connectivity index (χ0v) is 16.8. The number of piperazine rings is 1. The lowest BCUT2D eigenvalue weighted by Crippen LogP contribution is -2.62. The summed E-state index contributed by atoms with van der Waals surface area (Å²) >= 11 is 0. The van der Waals surface area contributed by atoms with Crippen LogP contribution in [0.1, 0.15) is 5.56 Å². The van der Waals surface area contributed by atoms with Crippen LogP contribution in [0.25, 0.3) is 0 Å². The Balaban J connectivity index is 1.69. The molecule has 1 fully saturated rings. The van der Waals surface area contributed by atoms with Crippen LogP contribution < -0.4 is 20.9 Å². The number of benzene rings is 3. The Bertz CT molecular complexity index is 1150. The van der Waals surface area contributed by atoms with Crippen molar-refractivity contribution in [2.24, 2.45) is 0 Å². The molecule has 0 bridgehead atoms. The predicted molar refractivity (Wildman–Crippen MR) is 120 cm³/mol. The average molecular weight is 410 g/mol. The maximum atomic E-state index is 13.8. The highest BCUT2D eigenvalue weighted by atomic mass is 16.2. The Hall–Kier alpha value is -3.90. The second kappa shape index (κ2) is 7.74. The first-order chi connectivity index (χ1) is 15.2. The molecule has 31 heavy (non-hydrogen) atoms. The maximum Gasteiger partial charge on any atom is 0.267 e. The van der Waals surface area contributed by atoms with Gasteiger partial charge in [0, 0.05) is 24.5 Å². The number of carbonyl (C=O) groups is 2. The summed E-state index contributed by atoms with van der Waals surface area (Å²) in [5, 5.41) is 9.78. The minimum atomic E-state index is -0.985. The summed E-state index contributed by atoms with van der Waals surface area (Å²) in [6.07, 6.45) is 0. The van der Waals surface area contributed by atoms with E-state index in [-0.39, 0.29) is 11.5 Å². The normalized spacial score (nSPS) is 20.3. The quantitative estimate of drug-likeness (QED) is 0.578. The number of hydrogen-bond donors (Lipinski definition) is 3. The van der Waals surface area contributed by atoms with Gasteiger partial charge < -0.3 is 10.6 Å². The van der Waals surface area contributed by atoms with E-state index in [9.17, 15) is 9.59 Å². The Morgan fingerprint density at radius 3 is 2.13 bits per heavy atom. The van der Waals surface area contributed by atoms with Crippen molar-refractivity contribution in [1.29, 1.82) is 0 Å². The molecule has 2 amide bonds. The Kier molecular flexibility index (Phi) is 4.76. The van der Waals surface area contributed by atoms with Crippen LogP contribution >= 0.6 is 0 Å². The first kappa shape index (κ1) is 19.1. The zero-order chi connectivity index (χ0) is 21.3. The molecule has 0 aromatic heterocycles. The molecule has 3 N–H and O–H groups in total. The van der Waals surface area contributed by atoms with Gasteiger partial charge in [0.05, 0.1) is 5.70 Å². The second-order valence-corrected chi connectivity index (χ2v) is 7.48. The highest BCUT2D eigenvalue weighted by molar-refractivity contribution is 6.30. The molecule has 0 spiro atoms. The smallest absolute Gasteiger partial charge is 0.267 e. The van der Waals surface area contributed by atoms with Gasteiger partial charge in [-0.05, 0) is 29.8 Å². The van der Waals surface area contributed by atoms with E-state index in [0.29, 0.717) is 30.2 Å². The van der Waals surface area contributed by atoms with E-state index >= 15 is 0 Å². The number of nitrogens with zero attached hydrogens (tertiary/aromatic N) is 1. The molecule has 6 heteroatoms. The van der Waals surface area contributed by atoms with Crippen molar-refractivity contribution in [2.75, 3.05) is 23.3 Å². The molecule has 1 atom stereocenters. The third kappa shape index (κ3) is 3.08. The van der Waals surface area contributed by atoms with Gasteiger partial charge in [-0.25, -0.2) is 0 Å². The van der Waals surface area contributed by atoms with Crippen LogP contribution in [0.2, 0.25) is 0 Å². The zero-order valence-electron chi connectivity index (χ0n) is 16.8. The van der Waals surface area contributed by atoms with Gasteiger partial charge in [0.2, 0.25) is 0 Å². The number of rotatable bonds is 4. The van der Waals surface area contributed by atoms with E-state index in [1.54, 1.807) is 17.0 Å². The maximum absolute atomic E-state index is 13.8. The number of amides is 2. The third-order valence-electron chi connectivity index (χ3n) is 5.64. The molecular weight excluding hydrogens is 388 g/mol. The molecule has 1 saturated heterocycles. The summed E-state index contributed by atoms with van der Waals surface area (Å²) in [6, 6.07) is 28.4. The molecule has 2 aliphatic rings. The molecule has 1 unspecified atom stereocenters.